The van der Waals surface area contributed by atoms with Gasteiger partial charge in [-0.2, -0.15) is 0 Å². The van der Waals surface area contributed by atoms with Gasteiger partial charge in [0.25, 0.3) is 5.09 Å². The molecule has 0 radical (unpaired) electrons. The fourth-order valence-corrected chi connectivity index (χ4v) is 4.73. The number of nitrogens with one attached hydrogen (secondary N) is 1. The summed E-state index contributed by atoms with van der Waals surface area (Å²) in [7, 11) is -3.45. The van der Waals surface area contributed by atoms with E-state index < -0.39 is 26.9 Å². The van der Waals surface area contributed by atoms with Gasteiger partial charge in [-0.25, -0.2) is 13.2 Å². The Morgan fingerprint density at radius 1 is 0.878 bits per heavy atom. The summed E-state index contributed by atoms with van der Waals surface area (Å²) in [5, 5.41) is 9.38. The highest BCUT2D eigenvalue weighted by molar-refractivity contribution is 7.90. The van der Waals surface area contributed by atoms with Crippen LogP contribution in [-0.2, 0) is 33.7 Å². The highest BCUT2D eigenvalue weighted by atomic mass is 32.2. The summed E-state index contributed by atoms with van der Waals surface area (Å²) in [5.41, 5.74) is 1.67. The molecule has 0 fully saturated rings. The summed E-state index contributed by atoms with van der Waals surface area (Å²) in [4.78, 5) is 42.0. The number of likely N-dealkylation sites (N-methyl/N-ethyl adjacent to an activating group) is 1. The predicted octanol–water partition coefficient (Wildman–Crippen LogP) is 2.78. The number of benzene rings is 2. The van der Waals surface area contributed by atoms with E-state index in [9.17, 15) is 28.1 Å². The van der Waals surface area contributed by atoms with Crippen molar-refractivity contribution in [2.24, 2.45) is 0 Å². The van der Waals surface area contributed by atoms with Crippen molar-refractivity contribution in [3.8, 4) is 0 Å². The number of carbonyl (C=O) groups is 2. The summed E-state index contributed by atoms with van der Waals surface area (Å²) < 4.78 is 35.3. The SMILES string of the molecule is CC[NH+](CC)CCOC(=O)/C(=C(\COC(=O)CCCCCO[N+](=O)[O-])c1ccc(S(C)(=O)=O)cc1)c1ccccc1. The van der Waals surface area contributed by atoms with Crippen LogP contribution in [0.3, 0.4) is 0 Å². The maximum atomic E-state index is 13.5. The summed E-state index contributed by atoms with van der Waals surface area (Å²) in [6, 6.07) is 14.9. The molecule has 0 unspecified atom stereocenters. The Kier molecular flexibility index (Phi) is 14.0. The van der Waals surface area contributed by atoms with E-state index in [0.29, 0.717) is 42.5 Å². The Labute approximate surface area is 241 Å². The maximum absolute atomic E-state index is 13.5. The summed E-state index contributed by atoms with van der Waals surface area (Å²) in [6.45, 7) is 6.45. The van der Waals surface area contributed by atoms with Gasteiger partial charge in [-0.15, -0.1) is 10.1 Å². The van der Waals surface area contributed by atoms with Gasteiger partial charge in [0.05, 0.1) is 30.2 Å². The molecule has 1 N–H and O–H groups in total. The molecule has 0 saturated carbocycles. The first-order valence-electron chi connectivity index (χ1n) is 13.6. The Morgan fingerprint density at radius 2 is 1.54 bits per heavy atom. The second-order valence-corrected chi connectivity index (χ2v) is 11.4. The Morgan fingerprint density at radius 3 is 2.12 bits per heavy atom. The van der Waals surface area contributed by atoms with E-state index >= 15 is 0 Å². The van der Waals surface area contributed by atoms with Crippen molar-refractivity contribution < 1.29 is 42.3 Å². The second kappa shape index (κ2) is 17.1. The van der Waals surface area contributed by atoms with Crippen molar-refractivity contribution in [1.29, 1.82) is 0 Å². The first-order valence-corrected chi connectivity index (χ1v) is 15.5. The van der Waals surface area contributed by atoms with E-state index in [1.807, 2.05) is 6.07 Å². The third kappa shape index (κ3) is 11.7. The van der Waals surface area contributed by atoms with Crippen LogP contribution in [0.25, 0.3) is 11.1 Å². The number of quaternary nitrogens is 1. The van der Waals surface area contributed by atoms with Crippen LogP contribution in [0, 0.1) is 10.1 Å². The smallest absolute Gasteiger partial charge is 0.339 e. The fraction of sp³-hybridized carbons (Fsp3) is 0.448. The average Bonchev–Trinajstić information content (AvgIpc) is 2.95. The molecule has 2 aromatic rings. The molecule has 0 atom stereocenters. The molecule has 11 nitrogen and oxygen atoms in total. The van der Waals surface area contributed by atoms with Crippen molar-refractivity contribution in [1.82, 2.24) is 0 Å². The van der Waals surface area contributed by atoms with Gasteiger partial charge in [-0.05, 0) is 49.9 Å². The van der Waals surface area contributed by atoms with Crippen LogP contribution in [0.2, 0.25) is 0 Å². The lowest BCUT2D eigenvalue weighted by atomic mass is 9.95. The number of sulfone groups is 1. The molecule has 224 valence electrons. The van der Waals surface area contributed by atoms with Crippen molar-refractivity contribution in [2.75, 3.05) is 45.7 Å². The van der Waals surface area contributed by atoms with E-state index in [0.717, 1.165) is 19.3 Å². The van der Waals surface area contributed by atoms with Gasteiger partial charge in [0.2, 0.25) is 0 Å². The van der Waals surface area contributed by atoms with E-state index in [4.69, 9.17) is 9.47 Å². The number of ether oxygens (including phenoxy) is 2. The van der Waals surface area contributed by atoms with Crippen LogP contribution < -0.4 is 4.90 Å². The third-order valence-corrected chi connectivity index (χ3v) is 7.62. The summed E-state index contributed by atoms with van der Waals surface area (Å²) in [6.07, 6.45) is 2.59. The number of carbonyl (C=O) groups excluding carboxylic acids is 2. The van der Waals surface area contributed by atoms with Crippen LogP contribution in [0.5, 0.6) is 0 Å². The first-order chi connectivity index (χ1) is 19.6. The normalized spacial score (nSPS) is 12.0. The third-order valence-electron chi connectivity index (χ3n) is 6.49. The molecule has 0 aliphatic carbocycles. The molecule has 0 aromatic heterocycles. The van der Waals surface area contributed by atoms with Crippen LogP contribution in [0.15, 0.2) is 59.5 Å². The second-order valence-electron chi connectivity index (χ2n) is 9.39. The Hall–Kier alpha value is -3.77. The minimum atomic E-state index is -3.45. The van der Waals surface area contributed by atoms with Crippen molar-refractivity contribution in [3.05, 3.63) is 75.8 Å². The van der Waals surface area contributed by atoms with Crippen LogP contribution >= 0.6 is 0 Å². The molecule has 2 rings (SSSR count). The molecule has 0 saturated heterocycles. The maximum Gasteiger partial charge on any atom is 0.339 e. The topological polar surface area (TPSA) is 144 Å². The molecule has 0 spiro atoms. The van der Waals surface area contributed by atoms with Gasteiger partial charge >= 0.3 is 11.9 Å². The van der Waals surface area contributed by atoms with Gasteiger partial charge in [-0.1, -0.05) is 48.9 Å². The van der Waals surface area contributed by atoms with Gasteiger partial charge in [-0.3, -0.25) is 4.79 Å². The number of unbranched alkanes of at least 4 members (excludes halogenated alkanes) is 2. The number of esters is 2. The zero-order chi connectivity index (χ0) is 30.3. The largest absolute Gasteiger partial charge is 0.461 e. The number of rotatable bonds is 18. The monoisotopic (exact) mass is 591 g/mol. The predicted molar refractivity (Wildman–Crippen MR) is 153 cm³/mol. The summed E-state index contributed by atoms with van der Waals surface area (Å²) in [5.74, 6) is -1.08. The lowest BCUT2D eigenvalue weighted by Gasteiger charge is -2.18. The van der Waals surface area contributed by atoms with E-state index in [2.05, 4.69) is 18.7 Å². The van der Waals surface area contributed by atoms with Crippen LogP contribution in [-0.4, -0.2) is 71.2 Å². The molecular formula is C29H39N2O9S+. The van der Waals surface area contributed by atoms with E-state index in [-0.39, 0.29) is 36.7 Å². The molecule has 0 aliphatic heterocycles. The number of nitrogens with zero attached hydrogens (tertiary/aromatic N) is 1. The molecule has 0 amide bonds. The molecule has 2 aromatic carbocycles. The van der Waals surface area contributed by atoms with Crippen LogP contribution in [0.1, 0.15) is 50.7 Å². The first kappa shape index (κ1) is 33.4. The highest BCUT2D eigenvalue weighted by Crippen LogP contribution is 2.29. The molecule has 41 heavy (non-hydrogen) atoms. The standard InChI is InChI=1S/C29H38N2O9S/c1-4-30(5-2)19-21-38-29(33)28(24-12-8-6-9-13-24)26(23-15-17-25(18-16-23)41(3,36)37)22-39-27(32)14-10-7-11-20-40-31(34)35/h6,8-9,12-13,15-18H,4-5,7,10-11,14,19-22H2,1-3H3/p+1/b28-26+. The zero-order valence-electron chi connectivity index (χ0n) is 23.8. The Balaban J connectivity index is 2.35. The van der Waals surface area contributed by atoms with Crippen molar-refractivity contribution >= 4 is 32.9 Å². The van der Waals surface area contributed by atoms with Crippen LogP contribution in [0.4, 0.5) is 0 Å². The lowest BCUT2D eigenvalue weighted by molar-refractivity contribution is -0.896. The minimum Gasteiger partial charge on any atom is -0.461 e. The average molecular weight is 592 g/mol. The summed E-state index contributed by atoms with van der Waals surface area (Å²) >= 11 is 0. The minimum absolute atomic E-state index is 0.0449. The lowest BCUT2D eigenvalue weighted by Crippen LogP contribution is -3.11. The fourth-order valence-electron chi connectivity index (χ4n) is 4.10. The van der Waals surface area contributed by atoms with Crippen molar-refractivity contribution in [3.63, 3.8) is 0 Å². The Bertz CT molecular complexity index is 1270. The highest BCUT2D eigenvalue weighted by Gasteiger charge is 2.23. The van der Waals surface area contributed by atoms with Gasteiger partial charge < -0.3 is 19.2 Å². The molecule has 0 bridgehead atoms. The van der Waals surface area contributed by atoms with Gasteiger partial charge in [0.15, 0.2) is 9.84 Å². The van der Waals surface area contributed by atoms with Crippen molar-refractivity contribution in [2.45, 2.75) is 44.4 Å². The molecule has 0 heterocycles. The quantitative estimate of drug-likeness (QED) is 0.0691. The van der Waals surface area contributed by atoms with E-state index in [1.54, 1.807) is 36.4 Å². The molecule has 12 heteroatoms. The number of hydrogen-bond acceptors (Lipinski definition) is 9. The van der Waals surface area contributed by atoms with Gasteiger partial charge in [0.1, 0.15) is 19.8 Å². The molecular weight excluding hydrogens is 552 g/mol. The molecule has 0 aliphatic rings. The van der Waals surface area contributed by atoms with E-state index in [1.165, 1.54) is 17.0 Å². The van der Waals surface area contributed by atoms with Gasteiger partial charge in [0, 0.05) is 18.2 Å². The zero-order valence-corrected chi connectivity index (χ0v) is 24.6. The number of hydrogen-bond donors (Lipinski definition) is 1.